The summed E-state index contributed by atoms with van der Waals surface area (Å²) in [4.78, 5) is 21.5. The zero-order chi connectivity index (χ0) is 12.2. The Bertz CT molecular complexity index is 244. The molecule has 0 aromatic heterocycles. The second-order valence-corrected chi connectivity index (χ2v) is 4.85. The SMILES string of the molecule is CC(=O)NC(C(=O)O)C(O)CC(C)(C)C. The van der Waals surface area contributed by atoms with Crippen LogP contribution in [0.4, 0.5) is 0 Å². The Balaban J connectivity index is 4.49. The summed E-state index contributed by atoms with van der Waals surface area (Å²) in [6.45, 7) is 6.90. The molecule has 0 spiro atoms. The molecule has 3 N–H and O–H groups in total. The first kappa shape index (κ1) is 13.9. The number of hydrogen-bond donors (Lipinski definition) is 3. The second-order valence-electron chi connectivity index (χ2n) is 4.85. The van der Waals surface area contributed by atoms with Crippen LogP contribution >= 0.6 is 0 Å². The average Bonchev–Trinajstić information content (AvgIpc) is 1.95. The number of amides is 1. The molecule has 0 aliphatic rings. The molecule has 0 aliphatic carbocycles. The van der Waals surface area contributed by atoms with Crippen LogP contribution in [0, 0.1) is 5.41 Å². The van der Waals surface area contributed by atoms with E-state index in [1.807, 2.05) is 20.8 Å². The first-order valence-electron chi connectivity index (χ1n) is 4.81. The molecule has 15 heavy (non-hydrogen) atoms. The van der Waals surface area contributed by atoms with Crippen LogP contribution in [0.1, 0.15) is 34.1 Å². The average molecular weight is 217 g/mol. The molecule has 0 saturated heterocycles. The summed E-state index contributed by atoms with van der Waals surface area (Å²) in [6.07, 6.45) is -0.768. The van der Waals surface area contributed by atoms with Gasteiger partial charge in [0.1, 0.15) is 0 Å². The van der Waals surface area contributed by atoms with Gasteiger partial charge in [-0.15, -0.1) is 0 Å². The molecule has 0 heterocycles. The van der Waals surface area contributed by atoms with E-state index in [2.05, 4.69) is 5.32 Å². The summed E-state index contributed by atoms with van der Waals surface area (Å²) in [7, 11) is 0. The van der Waals surface area contributed by atoms with Crippen molar-refractivity contribution in [1.29, 1.82) is 0 Å². The number of carboxylic acid groups (broad SMARTS) is 1. The van der Waals surface area contributed by atoms with Crippen LogP contribution in [-0.2, 0) is 9.59 Å². The fraction of sp³-hybridized carbons (Fsp3) is 0.800. The standard InChI is InChI=1S/C10H19NO4/c1-6(12)11-8(9(14)15)7(13)5-10(2,3)4/h7-8,13H,5H2,1-4H3,(H,11,12)(H,14,15). The summed E-state index contributed by atoms with van der Waals surface area (Å²) in [5.41, 5.74) is -0.189. The fourth-order valence-electron chi connectivity index (χ4n) is 1.29. The van der Waals surface area contributed by atoms with Crippen molar-refractivity contribution in [1.82, 2.24) is 5.32 Å². The quantitative estimate of drug-likeness (QED) is 0.635. The van der Waals surface area contributed by atoms with E-state index < -0.39 is 24.0 Å². The van der Waals surface area contributed by atoms with Crippen molar-refractivity contribution < 1.29 is 19.8 Å². The highest BCUT2D eigenvalue weighted by Crippen LogP contribution is 2.22. The van der Waals surface area contributed by atoms with Crippen LogP contribution in [0.2, 0.25) is 0 Å². The van der Waals surface area contributed by atoms with Crippen molar-refractivity contribution in [3.8, 4) is 0 Å². The van der Waals surface area contributed by atoms with E-state index in [0.29, 0.717) is 6.42 Å². The maximum atomic E-state index is 10.8. The molecule has 0 aromatic rings. The van der Waals surface area contributed by atoms with Crippen LogP contribution < -0.4 is 5.32 Å². The number of carbonyl (C=O) groups is 2. The molecule has 5 heteroatoms. The van der Waals surface area contributed by atoms with Crippen LogP contribution in [0.5, 0.6) is 0 Å². The number of aliphatic hydroxyl groups excluding tert-OH is 1. The Morgan fingerprint density at radius 3 is 2.07 bits per heavy atom. The van der Waals surface area contributed by atoms with Crippen molar-refractivity contribution in [3.63, 3.8) is 0 Å². The Kier molecular flexibility index (Phi) is 4.74. The van der Waals surface area contributed by atoms with Crippen molar-refractivity contribution in [2.75, 3.05) is 0 Å². The van der Waals surface area contributed by atoms with Gasteiger partial charge in [0.15, 0.2) is 6.04 Å². The molecule has 2 unspecified atom stereocenters. The normalized spacial score (nSPS) is 15.5. The van der Waals surface area contributed by atoms with Crippen LogP contribution in [0.25, 0.3) is 0 Å². The Labute approximate surface area is 89.5 Å². The van der Waals surface area contributed by atoms with Crippen LogP contribution in [-0.4, -0.2) is 34.2 Å². The van der Waals surface area contributed by atoms with Gasteiger partial charge in [-0.3, -0.25) is 4.79 Å². The van der Waals surface area contributed by atoms with E-state index in [4.69, 9.17) is 5.11 Å². The first-order chi connectivity index (χ1) is 6.63. The molecule has 5 nitrogen and oxygen atoms in total. The number of carbonyl (C=O) groups excluding carboxylic acids is 1. The van der Waals surface area contributed by atoms with Gasteiger partial charge in [0, 0.05) is 6.92 Å². The minimum atomic E-state index is -1.23. The van der Waals surface area contributed by atoms with Gasteiger partial charge in [-0.1, -0.05) is 20.8 Å². The molecule has 0 rings (SSSR count). The number of carboxylic acids is 1. The maximum absolute atomic E-state index is 10.8. The van der Waals surface area contributed by atoms with Crippen LogP contribution in [0.15, 0.2) is 0 Å². The van der Waals surface area contributed by atoms with Crippen molar-refractivity contribution in [3.05, 3.63) is 0 Å². The third kappa shape index (κ3) is 6.06. The number of hydrogen-bond acceptors (Lipinski definition) is 3. The number of aliphatic carboxylic acids is 1. The lowest BCUT2D eigenvalue weighted by Gasteiger charge is -2.26. The minimum Gasteiger partial charge on any atom is -0.480 e. The summed E-state index contributed by atoms with van der Waals surface area (Å²) in [6, 6.07) is -1.23. The molecular weight excluding hydrogens is 198 g/mol. The highest BCUT2D eigenvalue weighted by molar-refractivity contribution is 5.82. The highest BCUT2D eigenvalue weighted by Gasteiger charge is 2.30. The molecule has 88 valence electrons. The van der Waals surface area contributed by atoms with E-state index in [-0.39, 0.29) is 5.41 Å². The van der Waals surface area contributed by atoms with Gasteiger partial charge in [-0.25, -0.2) is 4.79 Å². The predicted molar refractivity (Wildman–Crippen MR) is 55.3 cm³/mol. The summed E-state index contributed by atoms with van der Waals surface area (Å²) in [5.74, 6) is -1.68. The van der Waals surface area contributed by atoms with Gasteiger partial charge in [0.05, 0.1) is 6.10 Å². The van der Waals surface area contributed by atoms with E-state index in [1.165, 1.54) is 6.92 Å². The first-order valence-corrected chi connectivity index (χ1v) is 4.81. The maximum Gasteiger partial charge on any atom is 0.328 e. The predicted octanol–water partition coefficient (Wildman–Crippen LogP) is 0.373. The molecule has 1 amide bonds. The fourth-order valence-corrected chi connectivity index (χ4v) is 1.29. The summed E-state index contributed by atoms with van der Waals surface area (Å²) >= 11 is 0. The topological polar surface area (TPSA) is 86.6 Å². The Morgan fingerprint density at radius 1 is 1.33 bits per heavy atom. The number of rotatable bonds is 4. The van der Waals surface area contributed by atoms with Gasteiger partial charge in [-0.05, 0) is 11.8 Å². The number of nitrogens with one attached hydrogen (secondary N) is 1. The summed E-state index contributed by atoms with van der Waals surface area (Å²) < 4.78 is 0. The zero-order valence-corrected chi connectivity index (χ0v) is 9.57. The van der Waals surface area contributed by atoms with E-state index in [1.54, 1.807) is 0 Å². The lowest BCUT2D eigenvalue weighted by Crippen LogP contribution is -2.49. The van der Waals surface area contributed by atoms with E-state index in [9.17, 15) is 14.7 Å². The minimum absolute atomic E-state index is 0.189. The molecule has 0 aliphatic heterocycles. The monoisotopic (exact) mass is 217 g/mol. The molecule has 0 fully saturated rings. The lowest BCUT2D eigenvalue weighted by molar-refractivity contribution is -0.145. The second kappa shape index (κ2) is 5.11. The molecule has 2 atom stereocenters. The van der Waals surface area contributed by atoms with Gasteiger partial charge in [-0.2, -0.15) is 0 Å². The Hall–Kier alpha value is -1.10. The molecule has 0 aromatic carbocycles. The molecule has 0 radical (unpaired) electrons. The largest absolute Gasteiger partial charge is 0.480 e. The van der Waals surface area contributed by atoms with Crippen molar-refractivity contribution in [2.45, 2.75) is 46.3 Å². The van der Waals surface area contributed by atoms with Crippen LogP contribution in [0.3, 0.4) is 0 Å². The van der Waals surface area contributed by atoms with E-state index in [0.717, 1.165) is 0 Å². The van der Waals surface area contributed by atoms with Gasteiger partial charge < -0.3 is 15.5 Å². The molecule has 0 saturated carbocycles. The smallest absolute Gasteiger partial charge is 0.328 e. The number of aliphatic hydroxyl groups is 1. The van der Waals surface area contributed by atoms with Crippen molar-refractivity contribution in [2.24, 2.45) is 5.41 Å². The van der Waals surface area contributed by atoms with Gasteiger partial charge in [0.2, 0.25) is 5.91 Å². The van der Waals surface area contributed by atoms with Crippen molar-refractivity contribution >= 4 is 11.9 Å². The highest BCUT2D eigenvalue weighted by atomic mass is 16.4. The Morgan fingerprint density at radius 2 is 1.80 bits per heavy atom. The molecular formula is C10H19NO4. The molecule has 0 bridgehead atoms. The third-order valence-electron chi connectivity index (χ3n) is 1.83. The summed E-state index contributed by atoms with van der Waals surface area (Å²) in [5, 5.41) is 20.7. The van der Waals surface area contributed by atoms with E-state index >= 15 is 0 Å². The zero-order valence-electron chi connectivity index (χ0n) is 9.57. The lowest BCUT2D eigenvalue weighted by atomic mass is 9.87. The van der Waals surface area contributed by atoms with Gasteiger partial charge in [0.25, 0.3) is 0 Å². The van der Waals surface area contributed by atoms with Gasteiger partial charge >= 0.3 is 5.97 Å². The third-order valence-corrected chi connectivity index (χ3v) is 1.83.